The zero-order chi connectivity index (χ0) is 28.7. The van der Waals surface area contributed by atoms with Crippen LogP contribution in [0.25, 0.3) is 0 Å². The molecule has 1 aliphatic rings. The molecule has 3 rings (SSSR count). The van der Waals surface area contributed by atoms with Crippen LogP contribution in [-0.2, 0) is 19.1 Å². The van der Waals surface area contributed by atoms with E-state index in [0.29, 0.717) is 67.5 Å². The molecule has 0 saturated heterocycles. The van der Waals surface area contributed by atoms with Gasteiger partial charge in [-0.05, 0) is 93.8 Å². The number of esters is 3. The second kappa shape index (κ2) is 16.1. The number of hydrogen-bond donors (Lipinski definition) is 1. The van der Waals surface area contributed by atoms with Crippen LogP contribution in [0, 0.1) is 17.2 Å². The lowest BCUT2D eigenvalue weighted by molar-refractivity contribution is -0.145. The van der Waals surface area contributed by atoms with Crippen LogP contribution in [-0.4, -0.2) is 44.4 Å². The quantitative estimate of drug-likeness (QED) is 0.0987. The second-order valence-corrected chi connectivity index (χ2v) is 9.54. The Hall–Kier alpha value is -4.14. The minimum Gasteiger partial charge on any atom is -0.497 e. The maximum atomic E-state index is 12.7. The number of methoxy groups -OCH3 is 1. The van der Waals surface area contributed by atoms with Crippen molar-refractivity contribution in [2.24, 2.45) is 11.8 Å². The number of nitrogens with one attached hydrogen (secondary N) is 1. The smallest absolute Gasteiger partial charge is 0.330 e. The van der Waals surface area contributed by atoms with Gasteiger partial charge < -0.3 is 29.1 Å². The topological polar surface area (TPSA) is 121 Å². The molecule has 2 aromatic carbocycles. The number of rotatable bonds is 15. The summed E-state index contributed by atoms with van der Waals surface area (Å²) in [5.41, 5.74) is 0.460. The van der Waals surface area contributed by atoms with Crippen molar-refractivity contribution in [3.8, 4) is 23.0 Å². The maximum absolute atomic E-state index is 12.7. The predicted molar refractivity (Wildman–Crippen MR) is 149 cm³/mol. The van der Waals surface area contributed by atoms with Crippen molar-refractivity contribution in [2.75, 3.05) is 20.3 Å². The van der Waals surface area contributed by atoms with Crippen LogP contribution in [0.15, 0.2) is 55.1 Å². The lowest BCUT2D eigenvalue weighted by atomic mass is 9.82. The molecule has 0 radical (unpaired) electrons. The minimum absolute atomic E-state index is 0.279. The fraction of sp³-hybridized carbons (Fsp3) is 0.419. The van der Waals surface area contributed by atoms with E-state index < -0.39 is 5.97 Å². The number of carbonyl (C=O) groups excluding carboxylic acids is 3. The first kappa shape index (κ1) is 30.4. The highest BCUT2D eigenvalue weighted by Gasteiger charge is 2.32. The Bertz CT molecular complexity index is 1150. The maximum Gasteiger partial charge on any atom is 0.330 e. The molecule has 1 saturated carbocycles. The van der Waals surface area contributed by atoms with Gasteiger partial charge in [0, 0.05) is 17.9 Å². The van der Waals surface area contributed by atoms with E-state index in [1.807, 2.05) is 0 Å². The van der Waals surface area contributed by atoms with Crippen LogP contribution in [0.2, 0.25) is 0 Å². The fourth-order valence-corrected chi connectivity index (χ4v) is 4.40. The van der Waals surface area contributed by atoms with E-state index in [9.17, 15) is 14.4 Å². The number of carbonyl (C=O) groups is 3. The molecule has 2 aromatic rings. The van der Waals surface area contributed by atoms with E-state index >= 15 is 0 Å². The van der Waals surface area contributed by atoms with E-state index in [0.717, 1.165) is 38.0 Å². The van der Waals surface area contributed by atoms with Crippen LogP contribution in [0.5, 0.6) is 23.0 Å². The molecule has 1 N–H and O–H groups in total. The molecule has 0 aliphatic heterocycles. The van der Waals surface area contributed by atoms with E-state index in [2.05, 4.69) is 6.58 Å². The lowest BCUT2D eigenvalue weighted by Crippen LogP contribution is -2.30. The molecule has 1 aliphatic carbocycles. The van der Waals surface area contributed by atoms with Crippen LogP contribution in [0.1, 0.15) is 56.9 Å². The van der Waals surface area contributed by atoms with Crippen molar-refractivity contribution in [2.45, 2.75) is 51.4 Å². The zero-order valence-electron chi connectivity index (χ0n) is 22.9. The van der Waals surface area contributed by atoms with Crippen LogP contribution in [0.3, 0.4) is 0 Å². The van der Waals surface area contributed by atoms with E-state index in [-0.39, 0.29) is 23.8 Å². The molecule has 0 atom stereocenters. The van der Waals surface area contributed by atoms with Gasteiger partial charge in [0.05, 0.1) is 32.2 Å². The summed E-state index contributed by atoms with van der Waals surface area (Å²) in [6.45, 7) is 4.33. The Morgan fingerprint density at radius 1 is 0.825 bits per heavy atom. The third-order valence-corrected chi connectivity index (χ3v) is 6.74. The molecular weight excluding hydrogens is 514 g/mol. The summed E-state index contributed by atoms with van der Waals surface area (Å²) in [5, 5.41) is 7.56. The van der Waals surface area contributed by atoms with Crippen molar-refractivity contribution >= 4 is 24.1 Å². The van der Waals surface area contributed by atoms with Gasteiger partial charge in [-0.15, -0.1) is 0 Å². The van der Waals surface area contributed by atoms with Gasteiger partial charge in [0.25, 0.3) is 0 Å². The lowest BCUT2D eigenvalue weighted by Gasteiger charge is -2.26. The summed E-state index contributed by atoms with van der Waals surface area (Å²) in [6.07, 6.45) is 8.01. The van der Waals surface area contributed by atoms with Crippen molar-refractivity contribution in [3.63, 3.8) is 0 Å². The molecule has 0 bridgehead atoms. The average Bonchev–Trinajstić information content (AvgIpc) is 2.99. The van der Waals surface area contributed by atoms with Gasteiger partial charge in [0.1, 0.15) is 23.0 Å². The van der Waals surface area contributed by atoms with Gasteiger partial charge in [0.15, 0.2) is 0 Å². The molecule has 0 heterocycles. The first-order valence-electron chi connectivity index (χ1n) is 13.6. The monoisotopic (exact) mass is 551 g/mol. The Balaban J connectivity index is 1.34. The summed E-state index contributed by atoms with van der Waals surface area (Å²) < 4.78 is 27.0. The standard InChI is InChI=1S/C31H37NO8/c1-3-29(33)38-19-7-5-4-6-18-37-25-12-14-26(15-13-25)39-30(34)22-8-10-23(11-9-22)31(35)40-28-17-16-27(36-2)20-24(28)21-32/h3,12-17,20-23,32H,1,4-11,18-19H2,2H3. The number of unbranched alkanes of at least 4 members (excludes halogenated alkanes) is 3. The zero-order valence-corrected chi connectivity index (χ0v) is 22.9. The highest BCUT2D eigenvalue weighted by molar-refractivity contribution is 5.85. The highest BCUT2D eigenvalue weighted by atomic mass is 16.5. The molecule has 0 unspecified atom stereocenters. The minimum atomic E-state index is -0.396. The van der Waals surface area contributed by atoms with Gasteiger partial charge in [-0.3, -0.25) is 9.59 Å². The van der Waals surface area contributed by atoms with Gasteiger partial charge in [-0.1, -0.05) is 6.58 Å². The van der Waals surface area contributed by atoms with Gasteiger partial charge in [-0.25, -0.2) is 4.79 Å². The number of ether oxygens (including phenoxy) is 5. The van der Waals surface area contributed by atoms with E-state index in [4.69, 9.17) is 29.1 Å². The van der Waals surface area contributed by atoms with Crippen LogP contribution >= 0.6 is 0 Å². The molecule has 40 heavy (non-hydrogen) atoms. The average molecular weight is 552 g/mol. The first-order valence-corrected chi connectivity index (χ1v) is 13.6. The molecule has 9 nitrogen and oxygen atoms in total. The summed E-state index contributed by atoms with van der Waals surface area (Å²) >= 11 is 0. The van der Waals surface area contributed by atoms with Crippen LogP contribution in [0.4, 0.5) is 0 Å². The van der Waals surface area contributed by atoms with E-state index in [1.165, 1.54) is 7.11 Å². The largest absolute Gasteiger partial charge is 0.497 e. The molecule has 1 fully saturated rings. The first-order chi connectivity index (χ1) is 19.4. The second-order valence-electron chi connectivity index (χ2n) is 9.54. The SMILES string of the molecule is C=CC(=O)OCCCCCCOc1ccc(OC(=O)C2CCC(C(=O)Oc3ccc(OC)cc3C=N)CC2)cc1. The third kappa shape index (κ3) is 9.55. The number of benzene rings is 2. The predicted octanol–water partition coefficient (Wildman–Crippen LogP) is 5.68. The van der Waals surface area contributed by atoms with Crippen molar-refractivity contribution in [3.05, 3.63) is 60.7 Å². The number of hydrogen-bond acceptors (Lipinski definition) is 9. The Labute approximate surface area is 234 Å². The summed E-state index contributed by atoms with van der Waals surface area (Å²) in [5.74, 6) is 0.396. The molecule has 0 spiro atoms. The normalized spacial score (nSPS) is 16.3. The van der Waals surface area contributed by atoms with Gasteiger partial charge in [-0.2, -0.15) is 0 Å². The molecule has 214 valence electrons. The van der Waals surface area contributed by atoms with Gasteiger partial charge in [0.2, 0.25) is 0 Å². The molecule has 0 aromatic heterocycles. The third-order valence-electron chi connectivity index (χ3n) is 6.74. The summed E-state index contributed by atoms with van der Waals surface area (Å²) in [4.78, 5) is 36.4. The Morgan fingerprint density at radius 2 is 1.40 bits per heavy atom. The summed E-state index contributed by atoms with van der Waals surface area (Å²) in [6, 6.07) is 11.9. The molecule has 0 amide bonds. The van der Waals surface area contributed by atoms with Crippen molar-refractivity contribution in [1.82, 2.24) is 0 Å². The van der Waals surface area contributed by atoms with Crippen LogP contribution < -0.4 is 18.9 Å². The Kier molecular flexibility index (Phi) is 12.2. The van der Waals surface area contributed by atoms with E-state index in [1.54, 1.807) is 42.5 Å². The van der Waals surface area contributed by atoms with Crippen molar-refractivity contribution in [1.29, 1.82) is 5.41 Å². The van der Waals surface area contributed by atoms with Crippen molar-refractivity contribution < 1.29 is 38.1 Å². The summed E-state index contributed by atoms with van der Waals surface area (Å²) in [7, 11) is 1.53. The molecular formula is C31H37NO8. The Morgan fingerprint density at radius 3 is 2.00 bits per heavy atom. The van der Waals surface area contributed by atoms with Gasteiger partial charge >= 0.3 is 17.9 Å². The molecule has 9 heteroatoms. The fourth-order valence-electron chi connectivity index (χ4n) is 4.40. The highest BCUT2D eigenvalue weighted by Crippen LogP contribution is 2.32.